The summed E-state index contributed by atoms with van der Waals surface area (Å²) in [6.07, 6.45) is -5.26. The molecule has 0 atom stereocenters. The average molecular weight is 222 g/mol. The number of carbonyl (C=O) groups excluding carboxylic acids is 1. The Labute approximate surface area is 83.6 Å². The number of thiophene rings is 1. The van der Waals surface area contributed by atoms with Crippen molar-refractivity contribution in [1.29, 1.82) is 0 Å². The van der Waals surface area contributed by atoms with Gasteiger partial charge >= 0.3 is 6.18 Å². The molecule has 0 aliphatic heterocycles. The largest absolute Gasteiger partial charge is 0.450 e. The van der Waals surface area contributed by atoms with Crippen molar-refractivity contribution in [3.63, 3.8) is 0 Å². The first-order valence-electron chi connectivity index (χ1n) is 3.96. The Bertz CT molecular complexity index is 351. The van der Waals surface area contributed by atoms with E-state index in [1.807, 2.05) is 0 Å². The van der Waals surface area contributed by atoms with Crippen molar-refractivity contribution in [2.45, 2.75) is 26.4 Å². The van der Waals surface area contributed by atoms with Gasteiger partial charge in [0.05, 0.1) is 0 Å². The third-order valence-corrected chi connectivity index (χ3v) is 2.82. The molecule has 0 amide bonds. The summed E-state index contributed by atoms with van der Waals surface area (Å²) in [5, 5.41) is 0. The minimum atomic E-state index is -4.72. The van der Waals surface area contributed by atoms with Crippen LogP contribution in [0.1, 0.15) is 15.3 Å². The molecule has 0 aromatic carbocycles. The lowest BCUT2D eigenvalue weighted by molar-refractivity contribution is -0.170. The van der Waals surface area contributed by atoms with Gasteiger partial charge in [-0.3, -0.25) is 4.79 Å². The van der Waals surface area contributed by atoms with E-state index in [9.17, 15) is 18.0 Å². The number of carbonyl (C=O) groups is 1. The minimum Gasteiger partial charge on any atom is -0.289 e. The van der Waals surface area contributed by atoms with Crippen molar-refractivity contribution >= 4 is 17.1 Å². The monoisotopic (exact) mass is 222 g/mol. The third kappa shape index (κ3) is 2.57. The fourth-order valence-electron chi connectivity index (χ4n) is 1.13. The Hall–Kier alpha value is -0.840. The average Bonchev–Trinajstić information content (AvgIpc) is 2.28. The maximum Gasteiger partial charge on any atom is 0.450 e. The Kier molecular flexibility index (Phi) is 2.99. The number of hydrogen-bond acceptors (Lipinski definition) is 2. The van der Waals surface area contributed by atoms with Crippen molar-refractivity contribution in [3.8, 4) is 0 Å². The quantitative estimate of drug-likeness (QED) is 0.751. The summed E-state index contributed by atoms with van der Waals surface area (Å²) in [6.45, 7) is 3.52. The summed E-state index contributed by atoms with van der Waals surface area (Å²) in [5.41, 5.74) is 0.481. The normalized spacial score (nSPS) is 11.8. The summed E-state index contributed by atoms with van der Waals surface area (Å²) in [4.78, 5) is 12.4. The molecule has 0 aliphatic rings. The van der Waals surface area contributed by atoms with Crippen LogP contribution >= 0.6 is 11.3 Å². The molecule has 78 valence electrons. The van der Waals surface area contributed by atoms with Crippen LogP contribution in [0.4, 0.5) is 13.2 Å². The SMILES string of the molecule is Cc1cc(CC(=O)C(F)(F)F)c(C)s1. The van der Waals surface area contributed by atoms with Crippen LogP contribution in [0.5, 0.6) is 0 Å². The summed E-state index contributed by atoms with van der Waals surface area (Å²) in [6, 6.07) is 1.63. The lowest BCUT2D eigenvalue weighted by Gasteiger charge is -2.03. The van der Waals surface area contributed by atoms with E-state index >= 15 is 0 Å². The molecule has 0 fully saturated rings. The molecule has 0 saturated heterocycles. The van der Waals surface area contributed by atoms with E-state index in [1.54, 1.807) is 19.9 Å². The first kappa shape index (κ1) is 11.2. The predicted octanol–water partition coefficient (Wildman–Crippen LogP) is 3.04. The first-order chi connectivity index (χ1) is 6.30. The second-order valence-corrected chi connectivity index (χ2v) is 4.50. The van der Waals surface area contributed by atoms with Gasteiger partial charge in [-0.2, -0.15) is 13.2 Å². The zero-order valence-corrected chi connectivity index (χ0v) is 8.55. The van der Waals surface area contributed by atoms with Gasteiger partial charge in [0.1, 0.15) is 0 Å². The molecule has 0 spiro atoms. The highest BCUT2D eigenvalue weighted by molar-refractivity contribution is 7.12. The Balaban J connectivity index is 2.80. The molecular weight excluding hydrogens is 213 g/mol. The maximum absolute atomic E-state index is 11.9. The van der Waals surface area contributed by atoms with E-state index in [-0.39, 0.29) is 0 Å². The van der Waals surface area contributed by atoms with Crippen molar-refractivity contribution in [3.05, 3.63) is 21.4 Å². The molecule has 0 N–H and O–H groups in total. The predicted molar refractivity (Wildman–Crippen MR) is 48.6 cm³/mol. The molecule has 5 heteroatoms. The molecule has 1 aromatic heterocycles. The standard InChI is InChI=1S/C9H9F3OS/c1-5-3-7(6(2)14-5)4-8(13)9(10,11)12/h3H,4H2,1-2H3. The van der Waals surface area contributed by atoms with Crippen LogP contribution in [-0.2, 0) is 11.2 Å². The Morgan fingerprint density at radius 2 is 2.00 bits per heavy atom. The fraction of sp³-hybridized carbons (Fsp3) is 0.444. The van der Waals surface area contributed by atoms with E-state index in [4.69, 9.17) is 0 Å². The molecule has 1 nitrogen and oxygen atoms in total. The van der Waals surface area contributed by atoms with E-state index in [1.165, 1.54) is 11.3 Å². The molecule has 1 rings (SSSR count). The van der Waals surface area contributed by atoms with Crippen LogP contribution in [0.15, 0.2) is 6.07 Å². The number of alkyl halides is 3. The van der Waals surface area contributed by atoms with E-state index in [2.05, 4.69) is 0 Å². The second kappa shape index (κ2) is 3.73. The van der Waals surface area contributed by atoms with Crippen molar-refractivity contribution < 1.29 is 18.0 Å². The highest BCUT2D eigenvalue weighted by atomic mass is 32.1. The highest BCUT2D eigenvalue weighted by Crippen LogP contribution is 2.24. The van der Waals surface area contributed by atoms with Gasteiger partial charge in [-0.25, -0.2) is 0 Å². The van der Waals surface area contributed by atoms with Gasteiger partial charge in [0.15, 0.2) is 0 Å². The number of ketones is 1. The summed E-state index contributed by atoms with van der Waals surface area (Å²) >= 11 is 1.40. The topological polar surface area (TPSA) is 17.1 Å². The Morgan fingerprint density at radius 3 is 2.36 bits per heavy atom. The molecule has 0 aliphatic carbocycles. The van der Waals surface area contributed by atoms with Crippen LogP contribution in [0.2, 0.25) is 0 Å². The highest BCUT2D eigenvalue weighted by Gasteiger charge is 2.38. The number of rotatable bonds is 2. The number of halogens is 3. The van der Waals surface area contributed by atoms with Crippen LogP contribution in [0.25, 0.3) is 0 Å². The number of aryl methyl sites for hydroxylation is 2. The lowest BCUT2D eigenvalue weighted by atomic mass is 10.1. The third-order valence-electron chi connectivity index (χ3n) is 1.81. The van der Waals surface area contributed by atoms with Crippen LogP contribution in [0.3, 0.4) is 0 Å². The van der Waals surface area contributed by atoms with Crippen LogP contribution in [-0.4, -0.2) is 12.0 Å². The van der Waals surface area contributed by atoms with E-state index in [0.29, 0.717) is 5.56 Å². The minimum absolute atomic E-state index is 0.481. The summed E-state index contributed by atoms with van der Waals surface area (Å²) < 4.78 is 35.8. The lowest BCUT2D eigenvalue weighted by Crippen LogP contribution is -2.24. The zero-order chi connectivity index (χ0) is 10.9. The molecule has 14 heavy (non-hydrogen) atoms. The van der Waals surface area contributed by atoms with Crippen LogP contribution in [0, 0.1) is 13.8 Å². The first-order valence-corrected chi connectivity index (χ1v) is 4.78. The van der Waals surface area contributed by atoms with Gasteiger partial charge in [-0.1, -0.05) is 0 Å². The number of hydrogen-bond donors (Lipinski definition) is 0. The van der Waals surface area contributed by atoms with Gasteiger partial charge in [0.2, 0.25) is 5.78 Å². The molecule has 1 aromatic rings. The molecule has 0 bridgehead atoms. The van der Waals surface area contributed by atoms with Gasteiger partial charge in [0.25, 0.3) is 0 Å². The van der Waals surface area contributed by atoms with Crippen molar-refractivity contribution in [2.75, 3.05) is 0 Å². The maximum atomic E-state index is 11.9. The summed E-state index contributed by atoms with van der Waals surface area (Å²) in [7, 11) is 0. The van der Waals surface area contributed by atoms with Gasteiger partial charge in [0, 0.05) is 16.2 Å². The molecule has 0 saturated carbocycles. The molecular formula is C9H9F3OS. The zero-order valence-electron chi connectivity index (χ0n) is 7.73. The van der Waals surface area contributed by atoms with E-state index < -0.39 is 18.4 Å². The van der Waals surface area contributed by atoms with Crippen LogP contribution < -0.4 is 0 Å². The molecule has 0 unspecified atom stereocenters. The van der Waals surface area contributed by atoms with Crippen molar-refractivity contribution in [1.82, 2.24) is 0 Å². The molecule has 1 heterocycles. The van der Waals surface area contributed by atoms with E-state index in [0.717, 1.165) is 9.75 Å². The summed E-state index contributed by atoms with van der Waals surface area (Å²) in [5.74, 6) is -1.68. The fourth-order valence-corrected chi connectivity index (χ4v) is 2.08. The van der Waals surface area contributed by atoms with Gasteiger partial charge in [-0.05, 0) is 25.5 Å². The van der Waals surface area contributed by atoms with Gasteiger partial charge < -0.3 is 0 Å². The Morgan fingerprint density at radius 1 is 1.43 bits per heavy atom. The van der Waals surface area contributed by atoms with Gasteiger partial charge in [-0.15, -0.1) is 11.3 Å². The van der Waals surface area contributed by atoms with Crippen molar-refractivity contribution in [2.24, 2.45) is 0 Å². The molecule has 0 radical (unpaired) electrons. The number of Topliss-reactive ketones (excluding diaryl/α,β-unsaturated/α-hetero) is 1. The smallest absolute Gasteiger partial charge is 0.289 e. The second-order valence-electron chi connectivity index (χ2n) is 3.04.